The SMILES string of the molecule is Cc1ccc(C2(C)CC2)c(CNC2CC2)c1. The molecule has 0 amide bonds. The van der Waals surface area contributed by atoms with Crippen molar-refractivity contribution in [3.05, 3.63) is 34.9 Å². The third kappa shape index (κ3) is 2.01. The molecule has 86 valence electrons. The molecule has 2 saturated carbocycles. The van der Waals surface area contributed by atoms with Crippen molar-refractivity contribution in [2.75, 3.05) is 0 Å². The van der Waals surface area contributed by atoms with Gasteiger partial charge >= 0.3 is 0 Å². The fourth-order valence-corrected chi connectivity index (χ4v) is 2.46. The lowest BCUT2D eigenvalue weighted by Crippen LogP contribution is -2.18. The smallest absolute Gasteiger partial charge is 0.0211 e. The van der Waals surface area contributed by atoms with E-state index in [4.69, 9.17) is 0 Å². The minimum atomic E-state index is 0.494. The minimum Gasteiger partial charge on any atom is -0.310 e. The van der Waals surface area contributed by atoms with Crippen LogP contribution in [0.15, 0.2) is 18.2 Å². The largest absolute Gasteiger partial charge is 0.310 e. The van der Waals surface area contributed by atoms with Crippen LogP contribution in [0.5, 0.6) is 0 Å². The summed E-state index contributed by atoms with van der Waals surface area (Å²) in [6, 6.07) is 7.79. The topological polar surface area (TPSA) is 12.0 Å². The van der Waals surface area contributed by atoms with Gasteiger partial charge in [-0.15, -0.1) is 0 Å². The third-order valence-electron chi connectivity index (χ3n) is 4.07. The second kappa shape index (κ2) is 3.59. The summed E-state index contributed by atoms with van der Waals surface area (Å²) in [4.78, 5) is 0. The molecule has 0 aromatic heterocycles. The second-order valence-corrected chi connectivity index (χ2v) is 5.88. The summed E-state index contributed by atoms with van der Waals surface area (Å²) in [5.74, 6) is 0. The molecule has 1 heteroatoms. The lowest BCUT2D eigenvalue weighted by atomic mass is 9.92. The number of nitrogens with one attached hydrogen (secondary N) is 1. The molecule has 2 aliphatic carbocycles. The lowest BCUT2D eigenvalue weighted by Gasteiger charge is -2.16. The molecular formula is C15H21N. The van der Waals surface area contributed by atoms with E-state index in [0.717, 1.165) is 12.6 Å². The van der Waals surface area contributed by atoms with Crippen molar-refractivity contribution in [2.45, 2.75) is 57.5 Å². The van der Waals surface area contributed by atoms with E-state index in [-0.39, 0.29) is 0 Å². The molecule has 1 nitrogen and oxygen atoms in total. The van der Waals surface area contributed by atoms with Gasteiger partial charge in [-0.2, -0.15) is 0 Å². The van der Waals surface area contributed by atoms with E-state index >= 15 is 0 Å². The van der Waals surface area contributed by atoms with Gasteiger partial charge in [0.25, 0.3) is 0 Å². The Morgan fingerprint density at radius 3 is 2.69 bits per heavy atom. The average molecular weight is 215 g/mol. The molecular weight excluding hydrogens is 194 g/mol. The Hall–Kier alpha value is -0.820. The molecule has 16 heavy (non-hydrogen) atoms. The molecule has 3 rings (SSSR count). The monoisotopic (exact) mass is 215 g/mol. The summed E-state index contributed by atoms with van der Waals surface area (Å²) in [6.45, 7) is 5.66. The molecule has 1 aromatic carbocycles. The summed E-state index contributed by atoms with van der Waals surface area (Å²) in [6.07, 6.45) is 5.48. The lowest BCUT2D eigenvalue weighted by molar-refractivity contribution is 0.667. The van der Waals surface area contributed by atoms with Crippen LogP contribution in [0.1, 0.15) is 49.3 Å². The van der Waals surface area contributed by atoms with Gasteiger partial charge in [-0.1, -0.05) is 30.7 Å². The van der Waals surface area contributed by atoms with E-state index in [1.807, 2.05) is 0 Å². The molecule has 1 N–H and O–H groups in total. The van der Waals surface area contributed by atoms with E-state index in [2.05, 4.69) is 37.4 Å². The highest BCUT2D eigenvalue weighted by Crippen LogP contribution is 2.48. The molecule has 0 unspecified atom stereocenters. The van der Waals surface area contributed by atoms with E-state index in [0.29, 0.717) is 5.41 Å². The van der Waals surface area contributed by atoms with Crippen molar-refractivity contribution in [1.29, 1.82) is 0 Å². The first-order valence-corrected chi connectivity index (χ1v) is 6.51. The second-order valence-electron chi connectivity index (χ2n) is 5.88. The fraction of sp³-hybridized carbons (Fsp3) is 0.600. The highest BCUT2D eigenvalue weighted by molar-refractivity contribution is 5.40. The molecule has 2 aliphatic rings. The van der Waals surface area contributed by atoms with Gasteiger partial charge in [-0.05, 0) is 49.1 Å². The van der Waals surface area contributed by atoms with Gasteiger partial charge in [0.05, 0.1) is 0 Å². The van der Waals surface area contributed by atoms with Crippen LogP contribution < -0.4 is 5.32 Å². The Bertz CT molecular complexity index is 400. The Morgan fingerprint density at radius 2 is 2.06 bits per heavy atom. The first-order valence-electron chi connectivity index (χ1n) is 6.51. The molecule has 0 atom stereocenters. The minimum absolute atomic E-state index is 0.494. The van der Waals surface area contributed by atoms with Crippen molar-refractivity contribution in [2.24, 2.45) is 0 Å². The van der Waals surface area contributed by atoms with E-state index in [9.17, 15) is 0 Å². The molecule has 0 radical (unpaired) electrons. The van der Waals surface area contributed by atoms with Crippen LogP contribution in [-0.2, 0) is 12.0 Å². The van der Waals surface area contributed by atoms with Gasteiger partial charge in [-0.25, -0.2) is 0 Å². The van der Waals surface area contributed by atoms with Crippen LogP contribution in [0.25, 0.3) is 0 Å². The third-order valence-corrected chi connectivity index (χ3v) is 4.07. The first kappa shape index (κ1) is 10.3. The van der Waals surface area contributed by atoms with Crippen LogP contribution in [0.4, 0.5) is 0 Å². The number of hydrogen-bond acceptors (Lipinski definition) is 1. The van der Waals surface area contributed by atoms with Gasteiger partial charge in [0.2, 0.25) is 0 Å². The zero-order chi connectivity index (χ0) is 11.2. The van der Waals surface area contributed by atoms with Crippen molar-refractivity contribution < 1.29 is 0 Å². The number of aryl methyl sites for hydroxylation is 1. The van der Waals surface area contributed by atoms with Crippen LogP contribution >= 0.6 is 0 Å². The molecule has 0 spiro atoms. The highest BCUT2D eigenvalue weighted by atomic mass is 14.9. The van der Waals surface area contributed by atoms with E-state index < -0.39 is 0 Å². The van der Waals surface area contributed by atoms with E-state index in [1.165, 1.54) is 36.8 Å². The summed E-state index contributed by atoms with van der Waals surface area (Å²) >= 11 is 0. The van der Waals surface area contributed by atoms with Crippen molar-refractivity contribution in [3.63, 3.8) is 0 Å². The van der Waals surface area contributed by atoms with Gasteiger partial charge in [0, 0.05) is 12.6 Å². The van der Waals surface area contributed by atoms with Crippen molar-refractivity contribution in [1.82, 2.24) is 5.32 Å². The zero-order valence-corrected chi connectivity index (χ0v) is 10.3. The number of hydrogen-bond donors (Lipinski definition) is 1. The van der Waals surface area contributed by atoms with Gasteiger partial charge < -0.3 is 5.32 Å². The number of benzene rings is 1. The summed E-state index contributed by atoms with van der Waals surface area (Å²) < 4.78 is 0. The quantitative estimate of drug-likeness (QED) is 0.812. The van der Waals surface area contributed by atoms with Crippen LogP contribution in [0.3, 0.4) is 0 Å². The molecule has 1 aromatic rings. The van der Waals surface area contributed by atoms with Crippen molar-refractivity contribution >= 4 is 0 Å². The standard InChI is InChI=1S/C15H21N/c1-11-3-6-14(15(2)7-8-15)12(9-11)10-16-13-4-5-13/h3,6,9,13,16H,4-5,7-8,10H2,1-2H3. The average Bonchev–Trinajstić information content (AvgIpc) is 3.12. The first-order chi connectivity index (χ1) is 7.67. The Morgan fingerprint density at radius 1 is 1.31 bits per heavy atom. The maximum atomic E-state index is 3.64. The number of rotatable bonds is 4. The maximum Gasteiger partial charge on any atom is 0.0211 e. The molecule has 0 bridgehead atoms. The fourth-order valence-electron chi connectivity index (χ4n) is 2.46. The molecule has 2 fully saturated rings. The van der Waals surface area contributed by atoms with Gasteiger partial charge in [-0.3, -0.25) is 0 Å². The van der Waals surface area contributed by atoms with Gasteiger partial charge in [0.1, 0.15) is 0 Å². The van der Waals surface area contributed by atoms with Crippen molar-refractivity contribution in [3.8, 4) is 0 Å². The van der Waals surface area contributed by atoms with Crippen LogP contribution in [0, 0.1) is 6.92 Å². The van der Waals surface area contributed by atoms with Crippen LogP contribution in [-0.4, -0.2) is 6.04 Å². The molecule has 0 saturated heterocycles. The van der Waals surface area contributed by atoms with Gasteiger partial charge in [0.15, 0.2) is 0 Å². The summed E-state index contributed by atoms with van der Waals surface area (Å²) in [5.41, 5.74) is 5.01. The predicted molar refractivity (Wildman–Crippen MR) is 67.6 cm³/mol. The van der Waals surface area contributed by atoms with Crippen LogP contribution in [0.2, 0.25) is 0 Å². The zero-order valence-electron chi connectivity index (χ0n) is 10.3. The van der Waals surface area contributed by atoms with E-state index in [1.54, 1.807) is 5.56 Å². The highest BCUT2D eigenvalue weighted by Gasteiger charge is 2.40. The Kier molecular flexibility index (Phi) is 2.32. The maximum absolute atomic E-state index is 3.64. The normalized spacial score (nSPS) is 22.1. The predicted octanol–water partition coefficient (Wildman–Crippen LogP) is 3.30. The molecule has 0 heterocycles. The summed E-state index contributed by atoms with van der Waals surface area (Å²) in [7, 11) is 0. The summed E-state index contributed by atoms with van der Waals surface area (Å²) in [5, 5.41) is 3.64. The Labute approximate surface area is 98.3 Å². The Balaban J connectivity index is 1.83. The molecule has 0 aliphatic heterocycles.